The van der Waals surface area contributed by atoms with Gasteiger partial charge in [0.2, 0.25) is 5.89 Å². The first-order valence-corrected chi connectivity index (χ1v) is 6.20. The van der Waals surface area contributed by atoms with E-state index in [1.165, 1.54) is 0 Å². The first-order valence-electron chi connectivity index (χ1n) is 5.41. The number of imidazole rings is 1. The summed E-state index contributed by atoms with van der Waals surface area (Å²) in [5.74, 6) is 2.06. The minimum Gasteiger partial charge on any atom is -0.337 e. The Bertz CT molecular complexity index is 717. The van der Waals surface area contributed by atoms with Gasteiger partial charge in [-0.25, -0.2) is 9.97 Å². The summed E-state index contributed by atoms with van der Waals surface area (Å²) in [6.07, 6.45) is 1.73. The third kappa shape index (κ3) is 1.90. The highest BCUT2D eigenvalue weighted by Gasteiger charge is 2.12. The molecule has 0 aliphatic heterocycles. The van der Waals surface area contributed by atoms with Gasteiger partial charge >= 0.3 is 0 Å². The lowest BCUT2D eigenvalue weighted by Gasteiger charge is -2.02. The van der Waals surface area contributed by atoms with Crippen molar-refractivity contribution >= 4 is 27.1 Å². The van der Waals surface area contributed by atoms with Gasteiger partial charge in [-0.05, 0) is 35.8 Å². The van der Waals surface area contributed by atoms with Crippen molar-refractivity contribution in [2.45, 2.75) is 20.4 Å². The zero-order valence-corrected chi connectivity index (χ0v) is 11.5. The highest BCUT2D eigenvalue weighted by atomic mass is 79.9. The Labute approximate surface area is 111 Å². The number of hydrogen-bond donors (Lipinski definition) is 0. The van der Waals surface area contributed by atoms with Crippen LogP contribution in [0.4, 0.5) is 0 Å². The van der Waals surface area contributed by atoms with Gasteiger partial charge in [0.05, 0.1) is 5.52 Å². The van der Waals surface area contributed by atoms with Crippen molar-refractivity contribution in [3.63, 3.8) is 0 Å². The minimum absolute atomic E-state index is 0.501. The lowest BCUT2D eigenvalue weighted by atomic mass is 10.4. The molecule has 0 saturated carbocycles. The van der Waals surface area contributed by atoms with Crippen LogP contribution in [0.3, 0.4) is 0 Å². The van der Waals surface area contributed by atoms with Gasteiger partial charge in [-0.3, -0.25) is 0 Å². The lowest BCUT2D eigenvalue weighted by Crippen LogP contribution is -2.02. The van der Waals surface area contributed by atoms with Gasteiger partial charge in [-0.1, -0.05) is 5.16 Å². The number of aryl methyl sites for hydroxylation is 2. The monoisotopic (exact) mass is 307 g/mol. The molecule has 3 aromatic heterocycles. The van der Waals surface area contributed by atoms with Gasteiger partial charge < -0.3 is 9.09 Å². The van der Waals surface area contributed by atoms with Crippen LogP contribution in [0.25, 0.3) is 11.2 Å². The molecule has 0 unspecified atom stereocenters. The van der Waals surface area contributed by atoms with E-state index in [4.69, 9.17) is 4.52 Å². The molecule has 3 rings (SSSR count). The van der Waals surface area contributed by atoms with E-state index in [9.17, 15) is 0 Å². The van der Waals surface area contributed by atoms with Gasteiger partial charge in [0.1, 0.15) is 12.4 Å². The third-order valence-corrected chi connectivity index (χ3v) is 3.06. The third-order valence-electron chi connectivity index (χ3n) is 2.63. The van der Waals surface area contributed by atoms with Crippen molar-refractivity contribution in [1.82, 2.24) is 24.7 Å². The molecule has 7 heteroatoms. The number of pyridine rings is 1. The van der Waals surface area contributed by atoms with E-state index >= 15 is 0 Å². The highest BCUT2D eigenvalue weighted by Crippen LogP contribution is 2.19. The molecule has 0 saturated heterocycles. The molecular weight excluding hydrogens is 298 g/mol. The van der Waals surface area contributed by atoms with E-state index < -0.39 is 0 Å². The molecule has 0 atom stereocenters. The van der Waals surface area contributed by atoms with Crippen molar-refractivity contribution in [3.05, 3.63) is 34.3 Å². The van der Waals surface area contributed by atoms with Crippen LogP contribution < -0.4 is 0 Å². The Morgan fingerprint density at radius 3 is 2.89 bits per heavy atom. The Hall–Kier alpha value is -1.76. The fraction of sp³-hybridized carbons (Fsp3) is 0.273. The molecule has 0 fully saturated rings. The highest BCUT2D eigenvalue weighted by molar-refractivity contribution is 9.10. The zero-order chi connectivity index (χ0) is 12.7. The molecule has 0 bridgehead atoms. The first kappa shape index (κ1) is 11.3. The molecule has 3 aromatic rings. The van der Waals surface area contributed by atoms with E-state index in [-0.39, 0.29) is 0 Å². The molecule has 0 aliphatic carbocycles. The number of rotatable bonds is 2. The second-order valence-corrected chi connectivity index (χ2v) is 4.89. The van der Waals surface area contributed by atoms with Gasteiger partial charge in [0.15, 0.2) is 11.5 Å². The molecule has 18 heavy (non-hydrogen) atoms. The van der Waals surface area contributed by atoms with Crippen molar-refractivity contribution in [3.8, 4) is 0 Å². The van der Waals surface area contributed by atoms with E-state index in [1.54, 1.807) is 13.1 Å². The normalized spacial score (nSPS) is 11.3. The fourth-order valence-electron chi connectivity index (χ4n) is 1.83. The smallest absolute Gasteiger partial charge is 0.246 e. The molecular formula is C11H10BrN5O. The zero-order valence-electron chi connectivity index (χ0n) is 9.88. The molecule has 0 spiro atoms. The van der Waals surface area contributed by atoms with Crippen LogP contribution >= 0.6 is 15.9 Å². The molecule has 0 amide bonds. The molecule has 6 nitrogen and oxygen atoms in total. The summed E-state index contributed by atoms with van der Waals surface area (Å²) < 4.78 is 8.04. The topological polar surface area (TPSA) is 69.6 Å². The minimum atomic E-state index is 0.501. The van der Waals surface area contributed by atoms with Crippen LogP contribution in [0.15, 0.2) is 21.3 Å². The van der Waals surface area contributed by atoms with Crippen LogP contribution in [0.1, 0.15) is 17.5 Å². The largest absolute Gasteiger partial charge is 0.337 e. The summed E-state index contributed by atoms with van der Waals surface area (Å²) >= 11 is 3.41. The predicted octanol–water partition coefficient (Wildman–Crippen LogP) is 2.24. The Balaban J connectivity index is 2.10. The molecule has 92 valence electrons. The fourth-order valence-corrected chi connectivity index (χ4v) is 2.15. The predicted molar refractivity (Wildman–Crippen MR) is 68.1 cm³/mol. The number of hydrogen-bond acceptors (Lipinski definition) is 5. The molecule has 0 aliphatic rings. The summed E-state index contributed by atoms with van der Waals surface area (Å²) in [5.41, 5.74) is 1.66. The number of halogens is 1. The summed E-state index contributed by atoms with van der Waals surface area (Å²) in [7, 11) is 0. The average molecular weight is 308 g/mol. The van der Waals surface area contributed by atoms with E-state index in [1.807, 2.05) is 17.6 Å². The second-order valence-electron chi connectivity index (χ2n) is 3.98. The number of aromatic nitrogens is 5. The maximum atomic E-state index is 5.13. The quantitative estimate of drug-likeness (QED) is 0.726. The standard InChI is InChI=1S/C11H10BrN5O/c1-6-14-10(18-16-6)5-17-7(2)15-11-9(17)3-8(12)4-13-11/h3-4H,5H2,1-2H3. The van der Waals surface area contributed by atoms with Crippen LogP contribution in [-0.2, 0) is 6.54 Å². The van der Waals surface area contributed by atoms with Crippen molar-refractivity contribution in [2.24, 2.45) is 0 Å². The Morgan fingerprint density at radius 2 is 2.17 bits per heavy atom. The molecule has 0 N–H and O–H groups in total. The maximum Gasteiger partial charge on any atom is 0.246 e. The van der Waals surface area contributed by atoms with E-state index in [0.29, 0.717) is 23.9 Å². The average Bonchev–Trinajstić information content (AvgIpc) is 2.86. The summed E-state index contributed by atoms with van der Waals surface area (Å²) in [4.78, 5) is 12.9. The van der Waals surface area contributed by atoms with Crippen LogP contribution in [0.5, 0.6) is 0 Å². The van der Waals surface area contributed by atoms with Gasteiger partial charge in [0.25, 0.3) is 0 Å². The van der Waals surface area contributed by atoms with Crippen LogP contribution in [0, 0.1) is 13.8 Å². The van der Waals surface area contributed by atoms with Gasteiger partial charge in [0, 0.05) is 10.7 Å². The summed E-state index contributed by atoms with van der Waals surface area (Å²) in [6.45, 7) is 4.23. The second kappa shape index (κ2) is 4.16. The molecule has 0 aromatic carbocycles. The summed E-state index contributed by atoms with van der Waals surface area (Å²) in [6, 6.07) is 1.98. The Morgan fingerprint density at radius 1 is 1.33 bits per heavy atom. The maximum absolute atomic E-state index is 5.13. The SMILES string of the molecule is Cc1noc(Cn2c(C)nc3ncc(Br)cc32)n1. The van der Waals surface area contributed by atoms with Crippen LogP contribution in [-0.4, -0.2) is 24.7 Å². The lowest BCUT2D eigenvalue weighted by molar-refractivity contribution is 0.368. The molecule has 0 radical (unpaired) electrons. The van der Waals surface area contributed by atoms with Crippen molar-refractivity contribution in [2.75, 3.05) is 0 Å². The first-order chi connectivity index (χ1) is 8.63. The van der Waals surface area contributed by atoms with E-state index in [2.05, 4.69) is 36.0 Å². The van der Waals surface area contributed by atoms with E-state index in [0.717, 1.165) is 15.8 Å². The van der Waals surface area contributed by atoms with Gasteiger partial charge in [-0.2, -0.15) is 4.98 Å². The van der Waals surface area contributed by atoms with Crippen molar-refractivity contribution < 1.29 is 4.52 Å². The number of nitrogens with zero attached hydrogens (tertiary/aromatic N) is 5. The van der Waals surface area contributed by atoms with Gasteiger partial charge in [-0.15, -0.1) is 0 Å². The molecule has 3 heterocycles. The Kier molecular flexibility index (Phi) is 2.62. The summed E-state index contributed by atoms with van der Waals surface area (Å²) in [5, 5.41) is 3.78. The van der Waals surface area contributed by atoms with Crippen molar-refractivity contribution in [1.29, 1.82) is 0 Å². The number of fused-ring (bicyclic) bond motifs is 1. The van der Waals surface area contributed by atoms with Crippen LogP contribution in [0.2, 0.25) is 0 Å².